The number of nitrogens with two attached hydrogens (primary N) is 1. The number of carboxylic acid groups (broad SMARTS) is 1. The summed E-state index contributed by atoms with van der Waals surface area (Å²) in [4.78, 5) is 36.5. The molecule has 0 spiro atoms. The molecular weight excluding hydrogens is 458 g/mol. The number of hydrogen-bond acceptors (Lipinski definition) is 7. The minimum absolute atomic E-state index is 0.0477. The van der Waals surface area contributed by atoms with Crippen molar-refractivity contribution in [1.29, 1.82) is 0 Å². The Morgan fingerprint density at radius 2 is 1.86 bits per heavy atom. The van der Waals surface area contributed by atoms with Crippen LogP contribution in [-0.4, -0.2) is 48.2 Å². The van der Waals surface area contributed by atoms with Crippen LogP contribution in [0.15, 0.2) is 72.4 Å². The molecule has 2 atom stereocenters. The number of nitrogens with one attached hydrogen (secondary N) is 2. The molecule has 36 heavy (non-hydrogen) atoms. The molecule has 192 valence electrons. The Kier molecular flexibility index (Phi) is 12.4. The summed E-state index contributed by atoms with van der Waals surface area (Å²) in [7, 11) is 0. The molecule has 9 heteroatoms. The van der Waals surface area contributed by atoms with Gasteiger partial charge in [-0.05, 0) is 42.6 Å². The third-order valence-electron chi connectivity index (χ3n) is 5.58. The molecule has 0 saturated heterocycles. The van der Waals surface area contributed by atoms with Crippen LogP contribution in [0.1, 0.15) is 43.2 Å². The van der Waals surface area contributed by atoms with Crippen LogP contribution in [-0.2, 0) is 20.9 Å². The van der Waals surface area contributed by atoms with Crippen molar-refractivity contribution in [3.63, 3.8) is 0 Å². The lowest BCUT2D eigenvalue weighted by Crippen LogP contribution is -2.48. The van der Waals surface area contributed by atoms with E-state index in [1.54, 1.807) is 12.3 Å². The first-order valence-electron chi connectivity index (χ1n) is 11.9. The number of aldehydes is 1. The Hall–Kier alpha value is -3.98. The predicted octanol–water partition coefficient (Wildman–Crippen LogP) is 2.81. The summed E-state index contributed by atoms with van der Waals surface area (Å²) in [5.41, 5.74) is 2.82. The first kappa shape index (κ1) is 28.3. The Balaban J connectivity index is 2.25. The normalized spacial score (nSPS) is 12.6. The molecule has 0 saturated carbocycles. The van der Waals surface area contributed by atoms with E-state index in [1.807, 2.05) is 54.6 Å². The van der Waals surface area contributed by atoms with E-state index < -0.39 is 5.97 Å². The van der Waals surface area contributed by atoms with Crippen LogP contribution >= 0.6 is 0 Å². The van der Waals surface area contributed by atoms with Crippen LogP contribution in [0.25, 0.3) is 0 Å². The Labute approximate surface area is 212 Å². The summed E-state index contributed by atoms with van der Waals surface area (Å²) < 4.78 is 0. The zero-order valence-electron chi connectivity index (χ0n) is 20.4. The molecule has 5 N–H and O–H groups in total. The average molecular weight is 494 g/mol. The number of carbonyl (C=O) groups is 3. The lowest BCUT2D eigenvalue weighted by Gasteiger charge is -2.35. The molecular formula is C27H35N5O4. The van der Waals surface area contributed by atoms with E-state index in [2.05, 4.69) is 27.2 Å². The van der Waals surface area contributed by atoms with Crippen molar-refractivity contribution in [1.82, 2.24) is 10.6 Å². The van der Waals surface area contributed by atoms with Crippen LogP contribution in [0.4, 0.5) is 5.69 Å². The summed E-state index contributed by atoms with van der Waals surface area (Å²) in [5.74, 6) is 4.16. The molecule has 2 unspecified atom stereocenters. The minimum Gasteiger partial charge on any atom is -0.481 e. The molecule has 0 bridgehead atoms. The Morgan fingerprint density at radius 3 is 2.47 bits per heavy atom. The van der Waals surface area contributed by atoms with E-state index in [1.165, 1.54) is 0 Å². The van der Waals surface area contributed by atoms with Gasteiger partial charge in [0.15, 0.2) is 0 Å². The van der Waals surface area contributed by atoms with Crippen LogP contribution in [0.5, 0.6) is 0 Å². The molecule has 0 aliphatic heterocycles. The first-order valence-corrected chi connectivity index (χ1v) is 11.9. The second kappa shape index (κ2) is 15.8. The maximum Gasteiger partial charge on any atom is 0.305 e. The number of benzene rings is 2. The van der Waals surface area contributed by atoms with Crippen molar-refractivity contribution in [2.24, 2.45) is 10.9 Å². The van der Waals surface area contributed by atoms with Crippen LogP contribution in [0.2, 0.25) is 0 Å². The van der Waals surface area contributed by atoms with Crippen molar-refractivity contribution < 1.29 is 19.5 Å². The van der Waals surface area contributed by atoms with Crippen molar-refractivity contribution in [2.45, 2.75) is 50.9 Å². The molecule has 1 amide bonds. The predicted molar refractivity (Wildman–Crippen MR) is 142 cm³/mol. The maximum atomic E-state index is 12.6. The van der Waals surface area contributed by atoms with Gasteiger partial charge in [0.2, 0.25) is 5.91 Å². The second-order valence-corrected chi connectivity index (χ2v) is 8.31. The SMILES string of the molecule is C=CC(CC(=O)O)NCCCC(NC(=O)CCC=O)N(Cc1ccccc1)c1ccc(C=NN)cc1. The molecule has 0 aliphatic rings. The highest BCUT2D eigenvalue weighted by Gasteiger charge is 2.22. The molecule has 9 nitrogen and oxygen atoms in total. The lowest BCUT2D eigenvalue weighted by atomic mass is 10.1. The van der Waals surface area contributed by atoms with Crippen molar-refractivity contribution in [3.05, 3.63) is 78.4 Å². The highest BCUT2D eigenvalue weighted by molar-refractivity contribution is 5.80. The molecule has 0 aromatic heterocycles. The second-order valence-electron chi connectivity index (χ2n) is 8.31. The van der Waals surface area contributed by atoms with E-state index in [0.29, 0.717) is 25.9 Å². The standard InChI is InChI=1S/C27H35N5O4/c1-2-23(18-27(35)36)29-16-6-10-25(31-26(34)11-7-17-33)32(20-22-8-4-3-5-9-22)24-14-12-21(13-15-24)19-30-28/h2-5,8-9,12-15,17,19,23,25,29H,1,6-7,10-11,16,18,20,28H2,(H,31,34)(H,35,36). The summed E-state index contributed by atoms with van der Waals surface area (Å²) in [6.45, 7) is 4.79. The highest BCUT2D eigenvalue weighted by atomic mass is 16.4. The third kappa shape index (κ3) is 10.1. The first-order chi connectivity index (χ1) is 17.5. The van der Waals surface area contributed by atoms with E-state index >= 15 is 0 Å². The van der Waals surface area contributed by atoms with Crippen molar-refractivity contribution >= 4 is 30.1 Å². The summed E-state index contributed by atoms with van der Waals surface area (Å²) in [6, 6.07) is 17.3. The number of rotatable bonds is 17. The number of amides is 1. The van der Waals surface area contributed by atoms with E-state index in [-0.39, 0.29) is 37.4 Å². The Morgan fingerprint density at radius 1 is 1.14 bits per heavy atom. The highest BCUT2D eigenvalue weighted by Crippen LogP contribution is 2.22. The molecule has 2 aromatic carbocycles. The summed E-state index contributed by atoms with van der Waals surface area (Å²) in [6.07, 6.45) is 5.00. The minimum atomic E-state index is -0.898. The van der Waals surface area contributed by atoms with E-state index in [4.69, 9.17) is 10.9 Å². The molecule has 0 fully saturated rings. The smallest absolute Gasteiger partial charge is 0.305 e. The quantitative estimate of drug-likeness (QED) is 0.0506. The van der Waals surface area contributed by atoms with Gasteiger partial charge < -0.3 is 31.3 Å². The van der Waals surface area contributed by atoms with Gasteiger partial charge in [0.05, 0.1) is 12.6 Å². The van der Waals surface area contributed by atoms with Gasteiger partial charge in [-0.25, -0.2) is 0 Å². The molecule has 0 heterocycles. The number of carbonyl (C=O) groups excluding carboxylic acids is 2. The average Bonchev–Trinajstić information content (AvgIpc) is 2.88. The van der Waals surface area contributed by atoms with Gasteiger partial charge in [-0.1, -0.05) is 48.5 Å². The van der Waals surface area contributed by atoms with Gasteiger partial charge in [-0.3, -0.25) is 9.59 Å². The molecule has 2 aromatic rings. The van der Waals surface area contributed by atoms with Crippen molar-refractivity contribution in [3.8, 4) is 0 Å². The number of aliphatic carboxylic acids is 1. The van der Waals surface area contributed by atoms with Gasteiger partial charge >= 0.3 is 5.97 Å². The third-order valence-corrected chi connectivity index (χ3v) is 5.58. The molecule has 0 aliphatic carbocycles. The van der Waals surface area contributed by atoms with E-state index in [0.717, 1.165) is 23.1 Å². The van der Waals surface area contributed by atoms with Crippen LogP contribution < -0.4 is 21.4 Å². The van der Waals surface area contributed by atoms with Crippen LogP contribution in [0, 0.1) is 0 Å². The number of carboxylic acids is 1. The van der Waals surface area contributed by atoms with Crippen LogP contribution in [0.3, 0.4) is 0 Å². The fraction of sp³-hybridized carbons (Fsp3) is 0.333. The number of hydrogen-bond donors (Lipinski definition) is 4. The molecule has 0 radical (unpaired) electrons. The summed E-state index contributed by atoms with van der Waals surface area (Å²) in [5, 5.41) is 18.9. The van der Waals surface area contributed by atoms with Gasteiger partial charge in [0.1, 0.15) is 12.5 Å². The van der Waals surface area contributed by atoms with Crippen molar-refractivity contribution in [2.75, 3.05) is 11.4 Å². The Bertz CT molecular complexity index is 995. The zero-order valence-corrected chi connectivity index (χ0v) is 20.4. The largest absolute Gasteiger partial charge is 0.481 e. The fourth-order valence-corrected chi connectivity index (χ4v) is 3.76. The summed E-state index contributed by atoms with van der Waals surface area (Å²) >= 11 is 0. The maximum absolute atomic E-state index is 12.6. The molecule has 2 rings (SSSR count). The van der Waals surface area contributed by atoms with Gasteiger partial charge in [0, 0.05) is 31.1 Å². The zero-order chi connectivity index (χ0) is 26.2. The van der Waals surface area contributed by atoms with Gasteiger partial charge in [-0.2, -0.15) is 5.10 Å². The monoisotopic (exact) mass is 493 g/mol. The fourth-order valence-electron chi connectivity index (χ4n) is 3.76. The number of anilines is 1. The van der Waals surface area contributed by atoms with Gasteiger partial charge in [0.25, 0.3) is 0 Å². The van der Waals surface area contributed by atoms with Gasteiger partial charge in [-0.15, -0.1) is 6.58 Å². The topological polar surface area (TPSA) is 137 Å². The number of nitrogens with zero attached hydrogens (tertiary/aromatic N) is 2. The van der Waals surface area contributed by atoms with E-state index in [9.17, 15) is 14.4 Å². The lowest BCUT2D eigenvalue weighted by molar-refractivity contribution is -0.137. The number of hydrazone groups is 1.